The Balaban J connectivity index is 2.14. The first kappa shape index (κ1) is 10.6. The zero-order valence-electron chi connectivity index (χ0n) is 8.26. The highest BCUT2D eigenvalue weighted by Crippen LogP contribution is 2.26. The van der Waals surface area contributed by atoms with Crippen LogP contribution in [-0.2, 0) is 16.3 Å². The van der Waals surface area contributed by atoms with E-state index in [0.29, 0.717) is 12.8 Å². The molecule has 0 radical (unpaired) electrons. The third-order valence-electron chi connectivity index (χ3n) is 2.60. The fourth-order valence-corrected chi connectivity index (χ4v) is 3.78. The van der Waals surface area contributed by atoms with Crippen LogP contribution in [0, 0.1) is 0 Å². The zero-order valence-corrected chi connectivity index (χ0v) is 9.07. The van der Waals surface area contributed by atoms with Gasteiger partial charge in [0, 0.05) is 18.3 Å². The molecule has 1 aliphatic rings. The summed E-state index contributed by atoms with van der Waals surface area (Å²) < 4.78 is 22.5. The molecule has 1 unspecified atom stereocenters. The van der Waals surface area contributed by atoms with Crippen molar-refractivity contribution in [2.45, 2.75) is 18.4 Å². The predicted octanol–water partition coefficient (Wildman–Crippen LogP) is 0.174. The Morgan fingerprint density at radius 1 is 1.47 bits per heavy atom. The highest BCUT2D eigenvalue weighted by Gasteiger charge is 2.40. The summed E-state index contributed by atoms with van der Waals surface area (Å²) in [5.41, 5.74) is -0.384. The molecule has 82 valence electrons. The van der Waals surface area contributed by atoms with Crippen LogP contribution in [0.4, 0.5) is 0 Å². The van der Waals surface area contributed by atoms with Crippen LogP contribution in [0.15, 0.2) is 24.4 Å². The lowest BCUT2D eigenvalue weighted by molar-refractivity contribution is 0.0672. The number of aromatic nitrogens is 1. The molecule has 1 aromatic heterocycles. The maximum atomic E-state index is 11.3. The maximum Gasteiger partial charge on any atom is 0.153 e. The van der Waals surface area contributed by atoms with Gasteiger partial charge in [0.15, 0.2) is 9.84 Å². The topological polar surface area (TPSA) is 67.3 Å². The predicted molar refractivity (Wildman–Crippen MR) is 56.2 cm³/mol. The van der Waals surface area contributed by atoms with Crippen LogP contribution in [0.3, 0.4) is 0 Å². The number of hydrogen-bond acceptors (Lipinski definition) is 4. The van der Waals surface area contributed by atoms with Gasteiger partial charge in [-0.1, -0.05) is 6.07 Å². The van der Waals surface area contributed by atoms with E-state index in [4.69, 9.17) is 0 Å². The molecule has 0 amide bonds. The van der Waals surface area contributed by atoms with Crippen molar-refractivity contribution in [1.29, 1.82) is 0 Å². The summed E-state index contributed by atoms with van der Waals surface area (Å²) in [7, 11) is -3.05. The first-order chi connectivity index (χ1) is 6.99. The molecule has 15 heavy (non-hydrogen) atoms. The van der Waals surface area contributed by atoms with E-state index in [0.717, 1.165) is 5.69 Å². The molecular formula is C10H13NO3S. The van der Waals surface area contributed by atoms with E-state index in [2.05, 4.69) is 4.98 Å². The molecule has 2 heterocycles. The molecule has 1 saturated heterocycles. The molecule has 1 fully saturated rings. The minimum Gasteiger partial charge on any atom is -0.388 e. The normalized spacial score (nSPS) is 29.1. The summed E-state index contributed by atoms with van der Waals surface area (Å²) >= 11 is 0. The first-order valence-corrected chi connectivity index (χ1v) is 6.64. The Morgan fingerprint density at radius 2 is 2.27 bits per heavy atom. The molecule has 0 aromatic carbocycles. The Kier molecular flexibility index (Phi) is 2.52. The summed E-state index contributed by atoms with van der Waals surface area (Å²) in [5.74, 6) is -0.0626. The van der Waals surface area contributed by atoms with Gasteiger partial charge < -0.3 is 5.11 Å². The highest BCUT2D eigenvalue weighted by molar-refractivity contribution is 7.91. The lowest BCUT2D eigenvalue weighted by atomic mass is 9.97. The third kappa shape index (κ3) is 2.54. The smallest absolute Gasteiger partial charge is 0.153 e. The van der Waals surface area contributed by atoms with Gasteiger partial charge in [0.1, 0.15) is 0 Å². The summed E-state index contributed by atoms with van der Waals surface area (Å²) in [6, 6.07) is 5.41. The molecule has 1 atom stereocenters. The number of hydrogen-bond donors (Lipinski definition) is 1. The van der Waals surface area contributed by atoms with Crippen molar-refractivity contribution in [2.75, 3.05) is 11.5 Å². The van der Waals surface area contributed by atoms with Crippen molar-refractivity contribution < 1.29 is 13.5 Å². The monoisotopic (exact) mass is 227 g/mol. The number of sulfone groups is 1. The van der Waals surface area contributed by atoms with E-state index in [9.17, 15) is 13.5 Å². The van der Waals surface area contributed by atoms with E-state index in [1.54, 1.807) is 18.3 Å². The second-order valence-electron chi connectivity index (χ2n) is 4.06. The van der Waals surface area contributed by atoms with Crippen LogP contribution in [0.5, 0.6) is 0 Å². The van der Waals surface area contributed by atoms with Gasteiger partial charge in [0.2, 0.25) is 0 Å². The van der Waals surface area contributed by atoms with Crippen molar-refractivity contribution in [3.63, 3.8) is 0 Å². The second-order valence-corrected chi connectivity index (χ2v) is 6.25. The summed E-state index contributed by atoms with van der Waals surface area (Å²) in [6.07, 6.45) is 2.27. The van der Waals surface area contributed by atoms with Crippen molar-refractivity contribution in [1.82, 2.24) is 4.98 Å². The molecule has 0 saturated carbocycles. The van der Waals surface area contributed by atoms with Crippen molar-refractivity contribution >= 4 is 9.84 Å². The lowest BCUT2D eigenvalue weighted by Gasteiger charge is -2.19. The van der Waals surface area contributed by atoms with Gasteiger partial charge in [-0.3, -0.25) is 4.98 Å². The molecule has 0 spiro atoms. The fraction of sp³-hybridized carbons (Fsp3) is 0.500. The standard InChI is InChI=1S/C10H13NO3S/c12-10(4-6-15(13,14)8-10)7-9-3-1-2-5-11-9/h1-3,5,12H,4,6-8H2. The van der Waals surface area contributed by atoms with E-state index in [-0.39, 0.29) is 11.5 Å². The molecule has 1 aliphatic heterocycles. The Morgan fingerprint density at radius 3 is 2.80 bits per heavy atom. The van der Waals surface area contributed by atoms with Gasteiger partial charge in [-0.25, -0.2) is 8.42 Å². The summed E-state index contributed by atoms with van der Waals surface area (Å²) in [6.45, 7) is 0. The SMILES string of the molecule is O=S1(=O)CCC(O)(Cc2ccccn2)C1. The lowest BCUT2D eigenvalue weighted by Crippen LogP contribution is -2.32. The van der Waals surface area contributed by atoms with E-state index < -0.39 is 15.4 Å². The Bertz CT molecular complexity index is 443. The van der Waals surface area contributed by atoms with Gasteiger partial charge >= 0.3 is 0 Å². The number of nitrogens with zero attached hydrogens (tertiary/aromatic N) is 1. The van der Waals surface area contributed by atoms with Gasteiger partial charge in [-0.2, -0.15) is 0 Å². The number of pyridine rings is 1. The molecule has 0 bridgehead atoms. The largest absolute Gasteiger partial charge is 0.388 e. The molecule has 2 rings (SSSR count). The maximum absolute atomic E-state index is 11.3. The minimum absolute atomic E-state index is 0.0797. The van der Waals surface area contributed by atoms with Gasteiger partial charge in [0.05, 0.1) is 17.1 Å². The third-order valence-corrected chi connectivity index (χ3v) is 4.41. The van der Waals surface area contributed by atoms with E-state index in [1.807, 2.05) is 6.07 Å². The fourth-order valence-electron chi connectivity index (χ4n) is 1.88. The highest BCUT2D eigenvalue weighted by atomic mass is 32.2. The molecule has 1 aromatic rings. The quantitative estimate of drug-likeness (QED) is 0.782. The number of aliphatic hydroxyl groups is 1. The van der Waals surface area contributed by atoms with Gasteiger partial charge in [0.25, 0.3) is 0 Å². The summed E-state index contributed by atoms with van der Waals surface area (Å²) in [5, 5.41) is 10.1. The average molecular weight is 227 g/mol. The molecular weight excluding hydrogens is 214 g/mol. The Hall–Kier alpha value is -0.940. The van der Waals surface area contributed by atoms with Crippen LogP contribution in [0.1, 0.15) is 12.1 Å². The minimum atomic E-state index is -3.05. The molecule has 4 nitrogen and oxygen atoms in total. The van der Waals surface area contributed by atoms with Crippen LogP contribution in [-0.4, -0.2) is 35.6 Å². The van der Waals surface area contributed by atoms with Crippen LogP contribution < -0.4 is 0 Å². The molecule has 0 aliphatic carbocycles. The van der Waals surface area contributed by atoms with Crippen molar-refractivity contribution in [2.24, 2.45) is 0 Å². The Labute approximate surface area is 88.9 Å². The van der Waals surface area contributed by atoms with Crippen LogP contribution in [0.25, 0.3) is 0 Å². The summed E-state index contributed by atoms with van der Waals surface area (Å²) in [4.78, 5) is 4.08. The van der Waals surface area contributed by atoms with Gasteiger partial charge in [-0.15, -0.1) is 0 Å². The number of rotatable bonds is 2. The van der Waals surface area contributed by atoms with Crippen LogP contribution >= 0.6 is 0 Å². The zero-order chi connectivity index (χ0) is 10.9. The molecule has 5 heteroatoms. The first-order valence-electron chi connectivity index (χ1n) is 4.82. The van der Waals surface area contributed by atoms with Crippen molar-refractivity contribution in [3.8, 4) is 0 Å². The second kappa shape index (κ2) is 3.57. The average Bonchev–Trinajstić information content (AvgIpc) is 2.42. The van der Waals surface area contributed by atoms with E-state index in [1.165, 1.54) is 0 Å². The molecule has 1 N–H and O–H groups in total. The van der Waals surface area contributed by atoms with E-state index >= 15 is 0 Å². The van der Waals surface area contributed by atoms with Crippen LogP contribution in [0.2, 0.25) is 0 Å². The van der Waals surface area contributed by atoms with Crippen molar-refractivity contribution in [3.05, 3.63) is 30.1 Å². The van der Waals surface area contributed by atoms with Gasteiger partial charge in [-0.05, 0) is 18.6 Å².